The first-order valence-corrected chi connectivity index (χ1v) is 9.00. The van der Waals surface area contributed by atoms with E-state index in [2.05, 4.69) is 15.3 Å². The second-order valence-corrected chi connectivity index (χ2v) is 6.67. The molecule has 2 aliphatic heterocycles. The number of ether oxygens (including phenoxy) is 2. The summed E-state index contributed by atoms with van der Waals surface area (Å²) < 4.78 is 11.0. The van der Waals surface area contributed by atoms with Crippen molar-refractivity contribution in [2.24, 2.45) is 0 Å². The Balaban J connectivity index is 1.61. The van der Waals surface area contributed by atoms with Crippen LogP contribution in [-0.4, -0.2) is 34.8 Å². The summed E-state index contributed by atoms with van der Waals surface area (Å²) in [5.74, 6) is 2.96. The van der Waals surface area contributed by atoms with Gasteiger partial charge in [0, 0.05) is 24.2 Å². The van der Waals surface area contributed by atoms with Gasteiger partial charge in [0.2, 0.25) is 6.79 Å². The molecule has 4 heterocycles. The molecular weight excluding hydrogens is 328 g/mol. The summed E-state index contributed by atoms with van der Waals surface area (Å²) >= 11 is 0. The molecule has 132 valence electrons. The highest BCUT2D eigenvalue weighted by atomic mass is 16.7. The summed E-state index contributed by atoms with van der Waals surface area (Å²) in [5.41, 5.74) is 3.75. The Morgan fingerprint density at radius 3 is 2.88 bits per heavy atom. The van der Waals surface area contributed by atoms with Crippen molar-refractivity contribution in [3.05, 3.63) is 48.4 Å². The number of rotatable bonds is 3. The molecule has 0 aliphatic carbocycles. The molecule has 3 aromatic rings. The summed E-state index contributed by atoms with van der Waals surface area (Å²) in [7, 11) is 0. The van der Waals surface area contributed by atoms with Crippen molar-refractivity contribution < 1.29 is 9.47 Å². The molecule has 0 bridgehead atoms. The number of hydrogen-bond donors (Lipinski definition) is 2. The van der Waals surface area contributed by atoms with Crippen LogP contribution >= 0.6 is 0 Å². The molecular formula is C20H20N4O2. The maximum absolute atomic E-state index is 5.54. The number of hydrogen-bond acceptors (Lipinski definition) is 5. The van der Waals surface area contributed by atoms with Gasteiger partial charge in [-0.2, -0.15) is 0 Å². The number of piperidine rings is 1. The molecule has 26 heavy (non-hydrogen) atoms. The lowest BCUT2D eigenvalue weighted by Crippen LogP contribution is -2.28. The molecule has 0 amide bonds. The fourth-order valence-corrected chi connectivity index (χ4v) is 3.62. The number of aromatic nitrogens is 3. The van der Waals surface area contributed by atoms with E-state index in [4.69, 9.17) is 14.5 Å². The van der Waals surface area contributed by atoms with E-state index in [0.717, 1.165) is 59.5 Å². The van der Waals surface area contributed by atoms with Crippen LogP contribution in [0.25, 0.3) is 22.6 Å². The van der Waals surface area contributed by atoms with Crippen molar-refractivity contribution >= 4 is 0 Å². The van der Waals surface area contributed by atoms with Crippen molar-refractivity contribution in [3.8, 4) is 34.1 Å². The first-order chi connectivity index (χ1) is 12.9. The Morgan fingerprint density at radius 2 is 2.04 bits per heavy atom. The van der Waals surface area contributed by atoms with Crippen LogP contribution in [0.2, 0.25) is 0 Å². The molecule has 5 rings (SSSR count). The van der Waals surface area contributed by atoms with Gasteiger partial charge in [0.1, 0.15) is 5.82 Å². The third-order valence-corrected chi connectivity index (χ3v) is 4.97. The van der Waals surface area contributed by atoms with Crippen LogP contribution in [0.5, 0.6) is 11.5 Å². The zero-order valence-corrected chi connectivity index (χ0v) is 14.4. The molecule has 6 nitrogen and oxygen atoms in total. The van der Waals surface area contributed by atoms with Gasteiger partial charge in [-0.15, -0.1) is 0 Å². The van der Waals surface area contributed by atoms with Crippen LogP contribution < -0.4 is 14.8 Å². The minimum Gasteiger partial charge on any atom is -0.454 e. The maximum Gasteiger partial charge on any atom is 0.231 e. The van der Waals surface area contributed by atoms with Gasteiger partial charge in [-0.3, -0.25) is 4.98 Å². The molecule has 1 aromatic carbocycles. The van der Waals surface area contributed by atoms with Gasteiger partial charge in [0.25, 0.3) is 0 Å². The SMILES string of the molecule is c1ccc(-c2[nH]c(C3CCCNC3)nc2-c2ccc3c(c2)OCO3)nc1. The number of fused-ring (bicyclic) bond motifs is 1. The first kappa shape index (κ1) is 15.4. The van der Waals surface area contributed by atoms with Crippen molar-refractivity contribution in [2.45, 2.75) is 18.8 Å². The van der Waals surface area contributed by atoms with Crippen LogP contribution in [0, 0.1) is 0 Å². The molecule has 2 aromatic heterocycles. The molecule has 1 fully saturated rings. The lowest BCUT2D eigenvalue weighted by atomic mass is 9.99. The van der Waals surface area contributed by atoms with Crippen molar-refractivity contribution in [2.75, 3.05) is 19.9 Å². The summed E-state index contributed by atoms with van der Waals surface area (Å²) in [6.07, 6.45) is 4.12. The van der Waals surface area contributed by atoms with Crippen LogP contribution in [-0.2, 0) is 0 Å². The summed E-state index contributed by atoms with van der Waals surface area (Å²) in [5, 5.41) is 3.46. The highest BCUT2D eigenvalue weighted by molar-refractivity contribution is 5.78. The van der Waals surface area contributed by atoms with E-state index < -0.39 is 0 Å². The van der Waals surface area contributed by atoms with Gasteiger partial charge in [0.05, 0.1) is 17.1 Å². The minimum absolute atomic E-state index is 0.269. The Kier molecular flexibility index (Phi) is 3.83. The highest BCUT2D eigenvalue weighted by Crippen LogP contribution is 2.38. The van der Waals surface area contributed by atoms with E-state index in [0.29, 0.717) is 5.92 Å². The largest absolute Gasteiger partial charge is 0.454 e. The van der Waals surface area contributed by atoms with Gasteiger partial charge in [-0.25, -0.2) is 4.98 Å². The van der Waals surface area contributed by atoms with Gasteiger partial charge in [-0.1, -0.05) is 6.07 Å². The molecule has 2 aliphatic rings. The molecule has 2 N–H and O–H groups in total. The standard InChI is InChI=1S/C20H20N4O2/c1-2-9-22-15(5-1)19-18(13-6-7-16-17(10-13)26-12-25-16)23-20(24-19)14-4-3-8-21-11-14/h1-2,5-7,9-10,14,21H,3-4,8,11-12H2,(H,23,24). The molecule has 0 saturated carbocycles. The second kappa shape index (κ2) is 6.46. The Labute approximate surface area is 151 Å². The molecule has 1 saturated heterocycles. The predicted octanol–water partition coefficient (Wildman–Crippen LogP) is 3.33. The van der Waals surface area contributed by atoms with E-state index in [9.17, 15) is 0 Å². The predicted molar refractivity (Wildman–Crippen MR) is 98.2 cm³/mol. The van der Waals surface area contributed by atoms with Crippen molar-refractivity contribution in [3.63, 3.8) is 0 Å². The molecule has 0 radical (unpaired) electrons. The van der Waals surface area contributed by atoms with Gasteiger partial charge >= 0.3 is 0 Å². The molecule has 0 spiro atoms. The Hall–Kier alpha value is -2.86. The normalized spacial score (nSPS) is 18.8. The van der Waals surface area contributed by atoms with Crippen LogP contribution in [0.1, 0.15) is 24.6 Å². The number of nitrogens with zero attached hydrogens (tertiary/aromatic N) is 2. The quantitative estimate of drug-likeness (QED) is 0.760. The van der Waals surface area contributed by atoms with E-state index in [1.807, 2.05) is 36.4 Å². The van der Waals surface area contributed by atoms with E-state index in [1.165, 1.54) is 6.42 Å². The van der Waals surface area contributed by atoms with Gasteiger partial charge < -0.3 is 19.8 Å². The van der Waals surface area contributed by atoms with Crippen LogP contribution in [0.4, 0.5) is 0 Å². The number of nitrogens with one attached hydrogen (secondary N) is 2. The number of H-pyrrole nitrogens is 1. The number of aromatic amines is 1. The van der Waals surface area contributed by atoms with Crippen molar-refractivity contribution in [1.29, 1.82) is 0 Å². The Morgan fingerprint density at radius 1 is 1.08 bits per heavy atom. The zero-order chi connectivity index (χ0) is 17.3. The number of pyridine rings is 1. The summed E-state index contributed by atoms with van der Waals surface area (Å²) in [4.78, 5) is 13.0. The minimum atomic E-state index is 0.269. The van der Waals surface area contributed by atoms with E-state index in [-0.39, 0.29) is 6.79 Å². The number of benzene rings is 1. The third-order valence-electron chi connectivity index (χ3n) is 4.97. The smallest absolute Gasteiger partial charge is 0.231 e. The topological polar surface area (TPSA) is 72.1 Å². The first-order valence-electron chi connectivity index (χ1n) is 9.00. The third kappa shape index (κ3) is 2.72. The monoisotopic (exact) mass is 348 g/mol. The molecule has 6 heteroatoms. The molecule has 1 atom stereocenters. The Bertz CT molecular complexity index is 917. The van der Waals surface area contributed by atoms with E-state index in [1.54, 1.807) is 6.20 Å². The van der Waals surface area contributed by atoms with Gasteiger partial charge in [0.15, 0.2) is 11.5 Å². The van der Waals surface area contributed by atoms with E-state index >= 15 is 0 Å². The fourth-order valence-electron chi connectivity index (χ4n) is 3.62. The van der Waals surface area contributed by atoms with Gasteiger partial charge in [-0.05, 0) is 49.7 Å². The molecule has 1 unspecified atom stereocenters. The second-order valence-electron chi connectivity index (χ2n) is 6.67. The lowest BCUT2D eigenvalue weighted by molar-refractivity contribution is 0.174. The summed E-state index contributed by atoms with van der Waals surface area (Å²) in [6.45, 7) is 2.31. The summed E-state index contributed by atoms with van der Waals surface area (Å²) in [6, 6.07) is 11.9. The average molecular weight is 348 g/mol. The number of imidazole rings is 1. The van der Waals surface area contributed by atoms with Crippen molar-refractivity contribution in [1.82, 2.24) is 20.3 Å². The van der Waals surface area contributed by atoms with Crippen LogP contribution in [0.3, 0.4) is 0 Å². The fraction of sp³-hybridized carbons (Fsp3) is 0.300. The zero-order valence-electron chi connectivity index (χ0n) is 14.4. The van der Waals surface area contributed by atoms with Crippen LogP contribution in [0.15, 0.2) is 42.6 Å². The maximum atomic E-state index is 5.54. The lowest BCUT2D eigenvalue weighted by Gasteiger charge is -2.20. The average Bonchev–Trinajstić information content (AvgIpc) is 3.36. The highest BCUT2D eigenvalue weighted by Gasteiger charge is 2.23.